The number of halogens is 1. The molecular formula is C21H30ClN3O2S. The van der Waals surface area contributed by atoms with Crippen molar-refractivity contribution < 1.29 is 8.42 Å². The van der Waals surface area contributed by atoms with Gasteiger partial charge in [0.1, 0.15) is 6.07 Å². The van der Waals surface area contributed by atoms with E-state index < -0.39 is 10.0 Å². The first-order valence-corrected chi connectivity index (χ1v) is 12.4. The van der Waals surface area contributed by atoms with Crippen LogP contribution < -0.4 is 4.90 Å². The van der Waals surface area contributed by atoms with Crippen LogP contribution in [0.25, 0.3) is 0 Å². The topological polar surface area (TPSA) is 64.4 Å². The highest BCUT2D eigenvalue weighted by atomic mass is 35.5. The number of nitriles is 1. The van der Waals surface area contributed by atoms with Crippen molar-refractivity contribution in [2.45, 2.75) is 57.9 Å². The lowest BCUT2D eigenvalue weighted by molar-refractivity contribution is 0.349. The second-order valence-corrected chi connectivity index (χ2v) is 10.5. The molecule has 0 aromatic heterocycles. The molecule has 0 N–H and O–H groups in total. The number of sulfonamides is 1. The van der Waals surface area contributed by atoms with Gasteiger partial charge in [-0.2, -0.15) is 9.57 Å². The van der Waals surface area contributed by atoms with Gasteiger partial charge in [-0.25, -0.2) is 8.42 Å². The molecule has 1 aliphatic carbocycles. The predicted molar refractivity (Wildman–Crippen MR) is 114 cm³/mol. The minimum atomic E-state index is -3.17. The van der Waals surface area contributed by atoms with Crippen molar-refractivity contribution in [1.29, 1.82) is 5.26 Å². The number of nitrogens with zero attached hydrogens (tertiary/aromatic N) is 3. The van der Waals surface area contributed by atoms with Crippen molar-refractivity contribution in [3.05, 3.63) is 28.8 Å². The van der Waals surface area contributed by atoms with Gasteiger partial charge in [0.25, 0.3) is 0 Å². The van der Waals surface area contributed by atoms with Gasteiger partial charge in [-0.05, 0) is 49.8 Å². The monoisotopic (exact) mass is 423 g/mol. The fourth-order valence-electron chi connectivity index (χ4n) is 4.49. The van der Waals surface area contributed by atoms with Crippen LogP contribution >= 0.6 is 11.6 Å². The summed E-state index contributed by atoms with van der Waals surface area (Å²) in [6, 6.07) is 7.86. The van der Waals surface area contributed by atoms with Crippen LogP contribution in [0.1, 0.15) is 57.4 Å². The molecule has 1 aromatic carbocycles. The zero-order valence-corrected chi connectivity index (χ0v) is 18.2. The van der Waals surface area contributed by atoms with Gasteiger partial charge in [0.05, 0.1) is 16.3 Å². The van der Waals surface area contributed by atoms with E-state index in [2.05, 4.69) is 11.0 Å². The van der Waals surface area contributed by atoms with Gasteiger partial charge in [-0.1, -0.05) is 37.8 Å². The van der Waals surface area contributed by atoms with Crippen molar-refractivity contribution in [2.75, 3.05) is 30.3 Å². The molecule has 154 valence electrons. The van der Waals surface area contributed by atoms with Crippen molar-refractivity contribution in [1.82, 2.24) is 4.31 Å². The summed E-state index contributed by atoms with van der Waals surface area (Å²) in [5, 5.41) is 9.63. The molecule has 1 heterocycles. The van der Waals surface area contributed by atoms with Gasteiger partial charge in [0, 0.05) is 31.4 Å². The minimum absolute atomic E-state index is 0.151. The Labute approximate surface area is 174 Å². The summed E-state index contributed by atoms with van der Waals surface area (Å²) >= 11 is 6.31. The third-order valence-electron chi connectivity index (χ3n) is 6.01. The maximum absolute atomic E-state index is 12.5. The second kappa shape index (κ2) is 9.47. The second-order valence-electron chi connectivity index (χ2n) is 8.05. The number of benzene rings is 1. The lowest BCUT2D eigenvalue weighted by Crippen LogP contribution is -2.42. The molecule has 1 atom stereocenters. The first kappa shape index (κ1) is 21.4. The molecule has 1 aromatic rings. The molecule has 0 unspecified atom stereocenters. The number of rotatable bonds is 7. The van der Waals surface area contributed by atoms with E-state index >= 15 is 0 Å². The fraction of sp³-hybridized carbons (Fsp3) is 0.667. The van der Waals surface area contributed by atoms with E-state index in [9.17, 15) is 13.7 Å². The van der Waals surface area contributed by atoms with Crippen molar-refractivity contribution in [3.63, 3.8) is 0 Å². The molecule has 5 nitrogen and oxygen atoms in total. The lowest BCUT2D eigenvalue weighted by atomic mass is 9.88. The normalized spacial score (nSPS) is 21.5. The summed E-state index contributed by atoms with van der Waals surface area (Å²) in [6.45, 7) is 3.94. The van der Waals surface area contributed by atoms with Gasteiger partial charge in [-0.3, -0.25) is 0 Å². The Hall–Kier alpha value is -1.29. The Morgan fingerprint density at radius 2 is 2.00 bits per heavy atom. The zero-order chi connectivity index (χ0) is 20.1. The first-order valence-electron chi connectivity index (χ1n) is 10.4. The quantitative estimate of drug-likeness (QED) is 0.651. The molecule has 1 saturated heterocycles. The van der Waals surface area contributed by atoms with E-state index in [1.165, 1.54) is 32.1 Å². The molecule has 2 aliphatic rings. The Bertz CT molecular complexity index is 815. The van der Waals surface area contributed by atoms with Crippen LogP contribution in [0, 0.1) is 17.2 Å². The van der Waals surface area contributed by atoms with Crippen molar-refractivity contribution in [2.24, 2.45) is 5.92 Å². The van der Waals surface area contributed by atoms with E-state index in [4.69, 9.17) is 11.6 Å². The maximum atomic E-state index is 12.5. The SMILES string of the molecule is CCCS(=O)(=O)N1CC[C@H](N(CC2CCCCC2)c2ccc(C#N)c(Cl)c2)C1. The largest absolute Gasteiger partial charge is 0.367 e. The van der Waals surface area contributed by atoms with Crippen LogP contribution in [0.15, 0.2) is 18.2 Å². The molecular weight excluding hydrogens is 394 g/mol. The van der Waals surface area contributed by atoms with Gasteiger partial charge < -0.3 is 4.90 Å². The van der Waals surface area contributed by atoms with Gasteiger partial charge >= 0.3 is 0 Å². The van der Waals surface area contributed by atoms with Crippen LogP contribution in [-0.4, -0.2) is 44.2 Å². The van der Waals surface area contributed by atoms with Crippen LogP contribution in [0.2, 0.25) is 5.02 Å². The number of anilines is 1. The van der Waals surface area contributed by atoms with Crippen LogP contribution in [0.4, 0.5) is 5.69 Å². The van der Waals surface area contributed by atoms with E-state index in [-0.39, 0.29) is 11.8 Å². The van der Waals surface area contributed by atoms with Crippen LogP contribution in [0.5, 0.6) is 0 Å². The average Bonchev–Trinajstić information content (AvgIpc) is 3.18. The predicted octanol–water partition coefficient (Wildman–Crippen LogP) is 4.41. The van der Waals surface area contributed by atoms with E-state index in [1.54, 1.807) is 10.4 Å². The smallest absolute Gasteiger partial charge is 0.214 e. The first-order chi connectivity index (χ1) is 13.4. The van der Waals surface area contributed by atoms with E-state index in [0.717, 1.165) is 18.7 Å². The molecule has 3 rings (SSSR count). The summed E-state index contributed by atoms with van der Waals surface area (Å²) in [7, 11) is -3.17. The van der Waals surface area contributed by atoms with Crippen LogP contribution in [-0.2, 0) is 10.0 Å². The van der Waals surface area contributed by atoms with Gasteiger partial charge in [0.2, 0.25) is 10.0 Å². The molecule has 0 amide bonds. The summed E-state index contributed by atoms with van der Waals surface area (Å²) < 4.78 is 26.7. The average molecular weight is 424 g/mol. The summed E-state index contributed by atoms with van der Waals surface area (Å²) in [5.41, 5.74) is 1.47. The molecule has 2 fully saturated rings. The summed E-state index contributed by atoms with van der Waals surface area (Å²) in [6.07, 6.45) is 7.78. The molecule has 1 saturated carbocycles. The number of hydrogen-bond donors (Lipinski definition) is 0. The Kier molecular flexibility index (Phi) is 7.25. The summed E-state index contributed by atoms with van der Waals surface area (Å²) in [5.74, 6) is 0.842. The Morgan fingerprint density at radius 1 is 1.25 bits per heavy atom. The zero-order valence-electron chi connectivity index (χ0n) is 16.6. The maximum Gasteiger partial charge on any atom is 0.214 e. The highest BCUT2D eigenvalue weighted by molar-refractivity contribution is 7.89. The Morgan fingerprint density at radius 3 is 2.64 bits per heavy atom. The van der Waals surface area contributed by atoms with E-state index in [0.29, 0.717) is 36.0 Å². The molecule has 7 heteroatoms. The van der Waals surface area contributed by atoms with Crippen LogP contribution in [0.3, 0.4) is 0 Å². The highest BCUT2D eigenvalue weighted by Gasteiger charge is 2.35. The van der Waals surface area contributed by atoms with Gasteiger partial charge in [0.15, 0.2) is 0 Å². The lowest BCUT2D eigenvalue weighted by Gasteiger charge is -2.36. The molecule has 0 radical (unpaired) electrons. The molecule has 28 heavy (non-hydrogen) atoms. The number of hydrogen-bond acceptors (Lipinski definition) is 4. The van der Waals surface area contributed by atoms with Gasteiger partial charge in [-0.15, -0.1) is 0 Å². The van der Waals surface area contributed by atoms with E-state index in [1.807, 2.05) is 19.1 Å². The minimum Gasteiger partial charge on any atom is -0.367 e. The van der Waals surface area contributed by atoms with Crippen molar-refractivity contribution in [3.8, 4) is 6.07 Å². The standard InChI is InChI=1S/C21H30ClN3O2S/c1-2-12-28(26,27)24-11-10-20(16-24)25(15-17-6-4-3-5-7-17)19-9-8-18(14-23)21(22)13-19/h8-9,13,17,20H,2-7,10-12,15-16H2,1H3/t20-/m0/s1. The third-order valence-corrected chi connectivity index (χ3v) is 8.36. The summed E-state index contributed by atoms with van der Waals surface area (Å²) in [4.78, 5) is 2.35. The third kappa shape index (κ3) is 5.00. The molecule has 0 spiro atoms. The molecule has 0 bridgehead atoms. The highest BCUT2D eigenvalue weighted by Crippen LogP contribution is 2.32. The molecule has 1 aliphatic heterocycles. The Balaban J connectivity index is 1.82. The van der Waals surface area contributed by atoms with Crippen molar-refractivity contribution >= 4 is 27.3 Å². The fourth-order valence-corrected chi connectivity index (χ4v) is 6.27.